The first-order valence-electron chi connectivity index (χ1n) is 11.6. The van der Waals surface area contributed by atoms with E-state index >= 15 is 0 Å². The lowest BCUT2D eigenvalue weighted by Crippen LogP contribution is -2.31. The molecule has 0 spiro atoms. The molecule has 3 aromatic carbocycles. The Balaban J connectivity index is 1.99. The van der Waals surface area contributed by atoms with Crippen molar-refractivity contribution in [2.45, 2.75) is 44.7 Å². The SMILES string of the molecule is CCCOc1ccc(Cl)cc1-c1ccc(C(=O)NS(=O)(=O)c2cccc(C(F)(F)F)c2)c(CC(C)C)c1. The summed E-state index contributed by atoms with van der Waals surface area (Å²) >= 11 is 6.22. The second kappa shape index (κ2) is 11.6. The molecular formula is C27H27ClF3NO4S. The lowest BCUT2D eigenvalue weighted by Gasteiger charge is -2.16. The third-order valence-corrected chi connectivity index (χ3v) is 6.95. The van der Waals surface area contributed by atoms with Gasteiger partial charge in [-0.3, -0.25) is 4.79 Å². The van der Waals surface area contributed by atoms with Gasteiger partial charge in [-0.2, -0.15) is 13.2 Å². The van der Waals surface area contributed by atoms with E-state index in [4.69, 9.17) is 16.3 Å². The fourth-order valence-electron chi connectivity index (χ4n) is 3.73. The number of carbonyl (C=O) groups is 1. The van der Waals surface area contributed by atoms with Crippen LogP contribution < -0.4 is 9.46 Å². The van der Waals surface area contributed by atoms with Crippen molar-refractivity contribution in [3.8, 4) is 16.9 Å². The van der Waals surface area contributed by atoms with E-state index in [1.54, 1.807) is 30.3 Å². The van der Waals surface area contributed by atoms with Crippen LogP contribution in [-0.4, -0.2) is 20.9 Å². The Kier molecular flexibility index (Phi) is 8.92. The van der Waals surface area contributed by atoms with Gasteiger partial charge >= 0.3 is 6.18 Å². The fourth-order valence-corrected chi connectivity index (χ4v) is 4.92. The number of amides is 1. The number of carbonyl (C=O) groups excluding carboxylic acids is 1. The molecule has 0 unspecified atom stereocenters. The third kappa shape index (κ3) is 7.26. The average molecular weight is 554 g/mol. The van der Waals surface area contributed by atoms with Gasteiger partial charge in [0, 0.05) is 16.1 Å². The summed E-state index contributed by atoms with van der Waals surface area (Å²) in [5, 5.41) is 0.498. The van der Waals surface area contributed by atoms with E-state index in [2.05, 4.69) is 0 Å². The molecule has 0 fully saturated rings. The van der Waals surface area contributed by atoms with E-state index in [-0.39, 0.29) is 11.5 Å². The molecule has 0 atom stereocenters. The van der Waals surface area contributed by atoms with Crippen LogP contribution >= 0.6 is 11.6 Å². The maximum absolute atomic E-state index is 13.1. The monoisotopic (exact) mass is 553 g/mol. The van der Waals surface area contributed by atoms with Crippen LogP contribution in [0.2, 0.25) is 5.02 Å². The molecule has 0 aliphatic heterocycles. The van der Waals surface area contributed by atoms with Gasteiger partial charge in [0.25, 0.3) is 15.9 Å². The van der Waals surface area contributed by atoms with Crippen molar-refractivity contribution in [1.82, 2.24) is 4.72 Å². The minimum absolute atomic E-state index is 0.103. The van der Waals surface area contributed by atoms with E-state index in [1.165, 1.54) is 6.07 Å². The van der Waals surface area contributed by atoms with Gasteiger partial charge in [0.1, 0.15) is 5.75 Å². The van der Waals surface area contributed by atoms with Crippen LogP contribution in [0.5, 0.6) is 5.75 Å². The van der Waals surface area contributed by atoms with Gasteiger partial charge < -0.3 is 4.74 Å². The van der Waals surface area contributed by atoms with E-state index in [1.807, 2.05) is 25.5 Å². The van der Waals surface area contributed by atoms with Gasteiger partial charge in [-0.05, 0) is 72.4 Å². The highest BCUT2D eigenvalue weighted by molar-refractivity contribution is 7.90. The highest BCUT2D eigenvalue weighted by Gasteiger charge is 2.32. The van der Waals surface area contributed by atoms with E-state index in [0.29, 0.717) is 35.4 Å². The molecule has 37 heavy (non-hydrogen) atoms. The molecular weight excluding hydrogens is 527 g/mol. The van der Waals surface area contributed by atoms with Crippen LogP contribution in [0.1, 0.15) is 48.7 Å². The Morgan fingerprint density at radius 2 is 1.78 bits per heavy atom. The number of benzene rings is 3. The highest BCUT2D eigenvalue weighted by Crippen LogP contribution is 2.35. The molecule has 0 aromatic heterocycles. The lowest BCUT2D eigenvalue weighted by molar-refractivity contribution is -0.137. The van der Waals surface area contributed by atoms with Gasteiger partial charge in [0.2, 0.25) is 0 Å². The first-order chi connectivity index (χ1) is 17.3. The van der Waals surface area contributed by atoms with Crippen molar-refractivity contribution in [3.63, 3.8) is 0 Å². The summed E-state index contributed by atoms with van der Waals surface area (Å²) in [5.41, 5.74) is 0.989. The van der Waals surface area contributed by atoms with Crippen molar-refractivity contribution in [1.29, 1.82) is 0 Å². The minimum atomic E-state index is -4.73. The summed E-state index contributed by atoms with van der Waals surface area (Å²) in [6, 6.07) is 13.4. The number of hydrogen-bond acceptors (Lipinski definition) is 4. The van der Waals surface area contributed by atoms with Gasteiger partial charge in [-0.15, -0.1) is 0 Å². The molecule has 1 N–H and O–H groups in total. The van der Waals surface area contributed by atoms with Crippen LogP contribution in [0, 0.1) is 5.92 Å². The molecule has 0 aliphatic carbocycles. The number of nitrogens with one attached hydrogen (secondary N) is 1. The molecule has 0 bridgehead atoms. The molecule has 10 heteroatoms. The molecule has 0 radical (unpaired) electrons. The van der Waals surface area contributed by atoms with Crippen LogP contribution in [0.25, 0.3) is 11.1 Å². The molecule has 0 saturated heterocycles. The smallest absolute Gasteiger partial charge is 0.416 e. The lowest BCUT2D eigenvalue weighted by atomic mass is 9.93. The summed E-state index contributed by atoms with van der Waals surface area (Å²) in [5.74, 6) is -0.198. The van der Waals surface area contributed by atoms with E-state index in [0.717, 1.165) is 35.7 Å². The Morgan fingerprint density at radius 1 is 1.05 bits per heavy atom. The molecule has 0 heterocycles. The van der Waals surface area contributed by atoms with Gasteiger partial charge in [0.15, 0.2) is 0 Å². The highest BCUT2D eigenvalue weighted by atomic mass is 35.5. The van der Waals surface area contributed by atoms with Crippen LogP contribution in [0.4, 0.5) is 13.2 Å². The topological polar surface area (TPSA) is 72.5 Å². The fraction of sp³-hybridized carbons (Fsp3) is 0.296. The molecule has 3 rings (SSSR count). The van der Waals surface area contributed by atoms with Crippen LogP contribution in [0.15, 0.2) is 65.6 Å². The van der Waals surface area contributed by atoms with Crippen molar-refractivity contribution in [3.05, 3.63) is 82.4 Å². The predicted octanol–water partition coefficient (Wildman–Crippen LogP) is 7.13. The normalized spacial score (nSPS) is 12.0. The number of hydrogen-bond donors (Lipinski definition) is 1. The molecule has 0 saturated carbocycles. The van der Waals surface area contributed by atoms with Crippen molar-refractivity contribution >= 4 is 27.5 Å². The maximum atomic E-state index is 13.1. The van der Waals surface area contributed by atoms with Crippen molar-refractivity contribution in [2.75, 3.05) is 6.61 Å². The number of halogens is 4. The molecule has 5 nitrogen and oxygen atoms in total. The summed E-state index contributed by atoms with van der Waals surface area (Å²) in [4.78, 5) is 12.4. The second-order valence-corrected chi connectivity index (χ2v) is 11.0. The summed E-state index contributed by atoms with van der Waals surface area (Å²) in [7, 11) is -4.56. The zero-order valence-electron chi connectivity index (χ0n) is 20.5. The number of sulfonamides is 1. The Hall–Kier alpha value is -3.04. The number of ether oxygens (including phenoxy) is 1. The van der Waals surface area contributed by atoms with Crippen LogP contribution in [-0.2, 0) is 22.6 Å². The van der Waals surface area contributed by atoms with E-state index in [9.17, 15) is 26.4 Å². The second-order valence-electron chi connectivity index (χ2n) is 8.92. The van der Waals surface area contributed by atoms with Crippen LogP contribution in [0.3, 0.4) is 0 Å². The van der Waals surface area contributed by atoms with Gasteiger partial charge in [0.05, 0.1) is 17.1 Å². The largest absolute Gasteiger partial charge is 0.493 e. The maximum Gasteiger partial charge on any atom is 0.416 e. The molecule has 1 amide bonds. The predicted molar refractivity (Wildman–Crippen MR) is 137 cm³/mol. The first-order valence-corrected chi connectivity index (χ1v) is 13.5. The summed E-state index contributed by atoms with van der Waals surface area (Å²) < 4.78 is 72.5. The Labute approximate surface area is 219 Å². The minimum Gasteiger partial charge on any atom is -0.493 e. The first kappa shape index (κ1) is 28.5. The number of rotatable bonds is 9. The average Bonchev–Trinajstić information content (AvgIpc) is 2.82. The van der Waals surface area contributed by atoms with Crippen molar-refractivity contribution < 1.29 is 31.1 Å². The standard InChI is InChI=1S/C27H27ClF3NO4S/c1-4-12-36-25-11-9-21(28)16-24(25)18-8-10-23(19(14-18)13-17(2)3)26(33)32-37(34,35)22-7-5-6-20(15-22)27(29,30)31/h5-11,14-17H,4,12-13H2,1-3H3,(H,32,33). The Morgan fingerprint density at radius 3 is 2.43 bits per heavy atom. The van der Waals surface area contributed by atoms with Gasteiger partial charge in [-0.1, -0.05) is 50.6 Å². The third-order valence-electron chi connectivity index (χ3n) is 5.39. The quantitative estimate of drug-likeness (QED) is 0.306. The van der Waals surface area contributed by atoms with Crippen molar-refractivity contribution in [2.24, 2.45) is 5.92 Å². The number of alkyl halides is 3. The Bertz CT molecular complexity index is 1390. The zero-order valence-corrected chi connectivity index (χ0v) is 22.1. The van der Waals surface area contributed by atoms with E-state index < -0.39 is 32.6 Å². The summed E-state index contributed by atoms with van der Waals surface area (Å²) in [6.07, 6.45) is -3.47. The molecule has 0 aliphatic rings. The molecule has 198 valence electrons. The molecule has 3 aromatic rings. The van der Waals surface area contributed by atoms with Gasteiger partial charge in [-0.25, -0.2) is 13.1 Å². The summed E-state index contributed by atoms with van der Waals surface area (Å²) in [6.45, 7) is 6.38. The zero-order chi connectivity index (χ0) is 27.4.